The molecule has 2 atom stereocenters. The summed E-state index contributed by atoms with van der Waals surface area (Å²) in [6.07, 6.45) is 6.07. The summed E-state index contributed by atoms with van der Waals surface area (Å²) in [5.41, 5.74) is 3.82. The van der Waals surface area contributed by atoms with Gasteiger partial charge in [-0.05, 0) is 35.4 Å². The number of carbonyl (C=O) groups excluding carboxylic acids is 1. The molecule has 33 heavy (non-hydrogen) atoms. The van der Waals surface area contributed by atoms with E-state index in [2.05, 4.69) is 41.3 Å². The molecule has 3 aliphatic rings. The maximum Gasteiger partial charge on any atom is 0.164 e. The number of ketones is 1. The van der Waals surface area contributed by atoms with Gasteiger partial charge in [-0.1, -0.05) is 39.0 Å². The molecule has 7 heteroatoms. The molecule has 5 rings (SSSR count). The predicted octanol–water partition coefficient (Wildman–Crippen LogP) is 5.47. The molecule has 1 N–H and O–H groups in total. The molecule has 0 amide bonds. The number of methoxy groups -OCH3 is 1. The number of carbonyl (C=O) groups is 1. The molecular weight excluding hydrogens is 419 g/mol. The highest BCUT2D eigenvalue weighted by atomic mass is 19.1. The molecule has 0 saturated carbocycles. The van der Waals surface area contributed by atoms with Crippen LogP contribution in [0, 0.1) is 11.2 Å². The van der Waals surface area contributed by atoms with Crippen LogP contribution in [-0.4, -0.2) is 24.0 Å². The number of halogens is 1. The van der Waals surface area contributed by atoms with Crippen molar-refractivity contribution in [1.82, 2.24) is 10.3 Å². The van der Waals surface area contributed by atoms with Crippen LogP contribution in [0.2, 0.25) is 0 Å². The summed E-state index contributed by atoms with van der Waals surface area (Å²) >= 11 is 0. The van der Waals surface area contributed by atoms with Crippen molar-refractivity contribution < 1.29 is 13.9 Å². The highest BCUT2D eigenvalue weighted by Gasteiger charge is 2.53. The minimum Gasteiger partial charge on any atom is -0.494 e. The van der Waals surface area contributed by atoms with E-state index in [1.807, 2.05) is 24.3 Å². The predicted molar refractivity (Wildman–Crippen MR) is 123 cm³/mol. The highest BCUT2D eigenvalue weighted by molar-refractivity contribution is 6.01. The molecule has 1 aromatic heterocycles. The van der Waals surface area contributed by atoms with Crippen molar-refractivity contribution in [2.75, 3.05) is 7.11 Å². The molecule has 0 saturated heterocycles. The van der Waals surface area contributed by atoms with Gasteiger partial charge in [0.15, 0.2) is 17.8 Å². The minimum atomic E-state index is -0.685. The molecule has 170 valence electrons. The summed E-state index contributed by atoms with van der Waals surface area (Å²) in [7, 11) is 1.50. The zero-order valence-electron chi connectivity index (χ0n) is 19.3. The van der Waals surface area contributed by atoms with Gasteiger partial charge in [0.2, 0.25) is 0 Å². The number of azo groups is 1. The van der Waals surface area contributed by atoms with Gasteiger partial charge in [0.1, 0.15) is 5.75 Å². The maximum absolute atomic E-state index is 14.8. The Bertz CT molecular complexity index is 1250. The fourth-order valence-corrected chi connectivity index (χ4v) is 5.68. The van der Waals surface area contributed by atoms with Crippen LogP contribution in [0.1, 0.15) is 45.6 Å². The first-order valence-corrected chi connectivity index (χ1v) is 11.2. The highest BCUT2D eigenvalue weighted by Crippen LogP contribution is 2.54. The van der Waals surface area contributed by atoms with Crippen LogP contribution in [0.3, 0.4) is 0 Å². The van der Waals surface area contributed by atoms with Gasteiger partial charge in [-0.25, -0.2) is 4.39 Å². The lowest BCUT2D eigenvalue weighted by molar-refractivity contribution is -0.119. The van der Waals surface area contributed by atoms with E-state index in [0.29, 0.717) is 29.7 Å². The van der Waals surface area contributed by atoms with Crippen LogP contribution in [0.25, 0.3) is 11.1 Å². The third kappa shape index (κ3) is 3.21. The summed E-state index contributed by atoms with van der Waals surface area (Å²) in [5.74, 6) is 0.0435. The lowest BCUT2D eigenvalue weighted by atomic mass is 9.58. The number of Topliss-reactive ketones (excluding diaryl/α,β-unsaturated/α-hetero) is 1. The minimum absolute atomic E-state index is 0.130. The van der Waals surface area contributed by atoms with Gasteiger partial charge in [-0.15, -0.1) is 0 Å². The number of nitrogens with one attached hydrogen (secondary N) is 1. The van der Waals surface area contributed by atoms with Crippen LogP contribution in [0.15, 0.2) is 69.9 Å². The van der Waals surface area contributed by atoms with E-state index >= 15 is 0 Å². The Hall–Kier alpha value is -3.35. The number of allylic oxidation sites excluding steroid dienone is 2. The number of ether oxygens (including phenoxy) is 1. The van der Waals surface area contributed by atoms with Gasteiger partial charge in [-0.2, -0.15) is 10.2 Å². The SMILES string of the molecule is CC[C@]1(c2cccc(-c3c(F)cncc3OC)c2)C2=CN=NC2NC2=C1C(=O)CC(C)(C)C2. The smallest absolute Gasteiger partial charge is 0.164 e. The van der Waals surface area contributed by atoms with Gasteiger partial charge < -0.3 is 10.1 Å². The molecule has 0 fully saturated rings. The van der Waals surface area contributed by atoms with Crippen LogP contribution in [0.4, 0.5) is 4.39 Å². The van der Waals surface area contributed by atoms with E-state index in [9.17, 15) is 9.18 Å². The number of hydrogen-bond donors (Lipinski definition) is 1. The van der Waals surface area contributed by atoms with Crippen molar-refractivity contribution in [2.45, 2.75) is 51.6 Å². The monoisotopic (exact) mass is 446 g/mol. The molecule has 1 unspecified atom stereocenters. The topological polar surface area (TPSA) is 75.9 Å². The third-order valence-corrected chi connectivity index (χ3v) is 7.04. The second-order valence-electron chi connectivity index (χ2n) is 9.70. The number of pyridine rings is 1. The summed E-state index contributed by atoms with van der Waals surface area (Å²) in [5, 5.41) is 12.1. The first-order chi connectivity index (χ1) is 15.8. The number of fused-ring (bicyclic) bond motifs is 1. The van der Waals surface area contributed by atoms with Crippen LogP contribution in [-0.2, 0) is 10.2 Å². The molecule has 3 heterocycles. The van der Waals surface area contributed by atoms with Gasteiger partial charge in [0.25, 0.3) is 0 Å². The zero-order valence-corrected chi connectivity index (χ0v) is 19.3. The van der Waals surface area contributed by atoms with Crippen molar-refractivity contribution >= 4 is 5.78 Å². The standard InChI is InChI=1S/C26H27FN4O2/c1-5-26(16-8-6-7-15(9-16)22-18(27)13-28-14-21(22)33-4)17-12-29-31-24(17)30-19-10-25(2,3)11-20(32)23(19)26/h6-9,12-14,24,30H,5,10-11H2,1-4H3/t24?,26-/m0/s1. The van der Waals surface area contributed by atoms with Gasteiger partial charge in [-0.3, -0.25) is 9.78 Å². The zero-order chi connectivity index (χ0) is 23.4. The molecule has 6 nitrogen and oxygen atoms in total. The molecule has 2 aliphatic heterocycles. The number of hydrogen-bond acceptors (Lipinski definition) is 6. The number of benzene rings is 1. The van der Waals surface area contributed by atoms with Crippen molar-refractivity contribution in [3.63, 3.8) is 0 Å². The lowest BCUT2D eigenvalue weighted by Gasteiger charge is -2.47. The van der Waals surface area contributed by atoms with E-state index in [1.54, 1.807) is 6.20 Å². The number of nitrogens with zero attached hydrogens (tertiary/aromatic N) is 3. The Labute approximate surface area is 192 Å². The lowest BCUT2D eigenvalue weighted by Crippen LogP contribution is -2.51. The average Bonchev–Trinajstić information content (AvgIpc) is 3.25. The quantitative estimate of drug-likeness (QED) is 0.676. The Morgan fingerprint density at radius 3 is 2.82 bits per heavy atom. The second kappa shape index (κ2) is 7.61. The van der Waals surface area contributed by atoms with E-state index < -0.39 is 11.2 Å². The van der Waals surface area contributed by atoms with Crippen LogP contribution >= 0.6 is 0 Å². The Morgan fingerprint density at radius 2 is 2.06 bits per heavy atom. The van der Waals surface area contributed by atoms with Gasteiger partial charge >= 0.3 is 0 Å². The van der Waals surface area contributed by atoms with Crippen LogP contribution in [0.5, 0.6) is 5.75 Å². The Kier molecular flexibility index (Phi) is 4.96. The molecule has 0 bridgehead atoms. The van der Waals surface area contributed by atoms with E-state index in [-0.39, 0.29) is 17.4 Å². The first-order valence-electron chi connectivity index (χ1n) is 11.2. The Balaban J connectivity index is 1.75. The first kappa shape index (κ1) is 21.5. The van der Waals surface area contributed by atoms with Crippen molar-refractivity contribution in [2.24, 2.45) is 15.6 Å². The second-order valence-corrected chi connectivity index (χ2v) is 9.70. The third-order valence-electron chi connectivity index (χ3n) is 7.04. The summed E-state index contributed by atoms with van der Waals surface area (Å²) < 4.78 is 20.2. The van der Waals surface area contributed by atoms with Gasteiger partial charge in [0, 0.05) is 23.3 Å². The maximum atomic E-state index is 14.8. The molecule has 1 aromatic carbocycles. The van der Waals surface area contributed by atoms with Crippen molar-refractivity contribution in [1.29, 1.82) is 0 Å². The van der Waals surface area contributed by atoms with Crippen LogP contribution < -0.4 is 10.1 Å². The molecule has 0 spiro atoms. The van der Waals surface area contributed by atoms with Crippen molar-refractivity contribution in [3.05, 3.63) is 71.1 Å². The Morgan fingerprint density at radius 1 is 1.24 bits per heavy atom. The van der Waals surface area contributed by atoms with E-state index in [0.717, 1.165) is 28.8 Å². The normalized spacial score (nSPS) is 25.3. The van der Waals surface area contributed by atoms with E-state index in [4.69, 9.17) is 4.74 Å². The van der Waals surface area contributed by atoms with E-state index in [1.165, 1.54) is 19.5 Å². The largest absolute Gasteiger partial charge is 0.494 e. The average molecular weight is 447 g/mol. The fourth-order valence-electron chi connectivity index (χ4n) is 5.68. The molecule has 1 aliphatic carbocycles. The summed E-state index contributed by atoms with van der Waals surface area (Å²) in [6.45, 7) is 6.31. The van der Waals surface area contributed by atoms with Gasteiger partial charge in [0.05, 0.1) is 36.7 Å². The number of rotatable bonds is 4. The fraction of sp³-hybridized carbons (Fsp3) is 0.385. The molecule has 0 radical (unpaired) electrons. The number of aromatic nitrogens is 1. The summed E-state index contributed by atoms with van der Waals surface area (Å²) in [4.78, 5) is 17.5. The summed E-state index contributed by atoms with van der Waals surface area (Å²) in [6, 6.07) is 7.73. The molecular formula is C26H27FN4O2. The van der Waals surface area contributed by atoms with Crippen molar-refractivity contribution in [3.8, 4) is 16.9 Å². The molecule has 2 aromatic rings.